The van der Waals surface area contributed by atoms with Gasteiger partial charge in [-0.3, -0.25) is 9.79 Å². The molecule has 2 heterocycles. The SMILES string of the molecule is CCC1=Nc2cc(C(=O)NC(C)c3ccc4c(c3)OCCO4)ccc2Sc2ccc(C)cc21. The molecule has 0 radical (unpaired) electrons. The molecule has 0 saturated carbocycles. The summed E-state index contributed by atoms with van der Waals surface area (Å²) in [7, 11) is 0. The Balaban J connectivity index is 1.39. The number of fused-ring (bicyclic) bond motifs is 3. The van der Waals surface area contributed by atoms with E-state index in [-0.39, 0.29) is 11.9 Å². The lowest BCUT2D eigenvalue weighted by atomic mass is 10.0. The predicted molar refractivity (Wildman–Crippen MR) is 132 cm³/mol. The lowest BCUT2D eigenvalue weighted by Gasteiger charge is -2.21. The number of carbonyl (C=O) groups excluding carboxylic acids is 1. The van der Waals surface area contributed by atoms with Crippen LogP contribution in [-0.2, 0) is 0 Å². The minimum atomic E-state index is -0.177. The monoisotopic (exact) mass is 458 g/mol. The summed E-state index contributed by atoms with van der Waals surface area (Å²) in [5.41, 5.74) is 5.84. The summed E-state index contributed by atoms with van der Waals surface area (Å²) in [6.45, 7) is 7.28. The highest BCUT2D eigenvalue weighted by Crippen LogP contribution is 2.41. The molecule has 3 aromatic carbocycles. The standard InChI is InChI=1S/C27H26N2O3S/c1-4-21-20-13-16(2)5-9-25(20)33-26-10-7-19(14-22(26)29-21)27(30)28-17(3)18-6-8-23-24(15-18)32-12-11-31-23/h5-10,13-15,17H,4,11-12H2,1-3H3,(H,28,30). The molecule has 0 aliphatic carbocycles. The number of aryl methyl sites for hydroxylation is 1. The zero-order valence-corrected chi connectivity index (χ0v) is 19.8. The van der Waals surface area contributed by atoms with Crippen molar-refractivity contribution in [2.24, 2.45) is 4.99 Å². The van der Waals surface area contributed by atoms with Gasteiger partial charge in [0.25, 0.3) is 5.91 Å². The molecule has 1 atom stereocenters. The Hall–Kier alpha value is -3.25. The number of hydrogen-bond donors (Lipinski definition) is 1. The molecule has 2 aliphatic heterocycles. The van der Waals surface area contributed by atoms with Crippen molar-refractivity contribution in [2.75, 3.05) is 13.2 Å². The fourth-order valence-corrected chi connectivity index (χ4v) is 5.08. The Morgan fingerprint density at radius 2 is 1.82 bits per heavy atom. The zero-order chi connectivity index (χ0) is 22.9. The van der Waals surface area contributed by atoms with Crippen molar-refractivity contribution in [1.82, 2.24) is 5.32 Å². The molecule has 5 nitrogen and oxygen atoms in total. The van der Waals surface area contributed by atoms with Crippen LogP contribution >= 0.6 is 11.8 Å². The molecule has 33 heavy (non-hydrogen) atoms. The maximum Gasteiger partial charge on any atom is 0.251 e. The van der Waals surface area contributed by atoms with Gasteiger partial charge in [0.1, 0.15) is 13.2 Å². The molecule has 168 valence electrons. The van der Waals surface area contributed by atoms with E-state index >= 15 is 0 Å². The first-order chi connectivity index (χ1) is 16.0. The lowest BCUT2D eigenvalue weighted by molar-refractivity contribution is 0.0939. The number of ether oxygens (including phenoxy) is 2. The second kappa shape index (κ2) is 8.94. The summed E-state index contributed by atoms with van der Waals surface area (Å²) in [6, 6.07) is 17.9. The van der Waals surface area contributed by atoms with Crippen molar-refractivity contribution in [3.8, 4) is 11.5 Å². The number of rotatable bonds is 4. The van der Waals surface area contributed by atoms with Crippen molar-refractivity contribution in [3.63, 3.8) is 0 Å². The third-order valence-corrected chi connectivity index (χ3v) is 7.03. The van der Waals surface area contributed by atoms with Gasteiger partial charge in [-0.05, 0) is 68.3 Å². The van der Waals surface area contributed by atoms with Crippen LogP contribution in [-0.4, -0.2) is 24.8 Å². The largest absolute Gasteiger partial charge is 0.486 e. The minimum absolute atomic E-state index is 0.129. The number of benzene rings is 3. The van der Waals surface area contributed by atoms with E-state index in [9.17, 15) is 4.79 Å². The van der Waals surface area contributed by atoms with E-state index < -0.39 is 0 Å². The van der Waals surface area contributed by atoms with E-state index in [0.717, 1.165) is 39.8 Å². The summed E-state index contributed by atoms with van der Waals surface area (Å²) in [4.78, 5) is 20.3. The second-order valence-electron chi connectivity index (χ2n) is 8.29. The van der Waals surface area contributed by atoms with Crippen molar-refractivity contribution in [1.29, 1.82) is 0 Å². The molecule has 2 aliphatic rings. The molecule has 0 spiro atoms. The molecular formula is C27H26N2O3S. The fraction of sp³-hybridized carbons (Fsp3) is 0.259. The number of aliphatic imine (C=N–C) groups is 1. The Bertz CT molecular complexity index is 1270. The van der Waals surface area contributed by atoms with Gasteiger partial charge in [-0.1, -0.05) is 36.4 Å². The van der Waals surface area contributed by atoms with Crippen LogP contribution in [0.4, 0.5) is 5.69 Å². The van der Waals surface area contributed by atoms with Gasteiger partial charge in [0.15, 0.2) is 11.5 Å². The first-order valence-corrected chi connectivity index (χ1v) is 12.0. The molecule has 5 rings (SSSR count). The van der Waals surface area contributed by atoms with Gasteiger partial charge in [0, 0.05) is 26.6 Å². The smallest absolute Gasteiger partial charge is 0.251 e. The molecular weight excluding hydrogens is 432 g/mol. The van der Waals surface area contributed by atoms with Gasteiger partial charge in [0.05, 0.1) is 11.7 Å². The van der Waals surface area contributed by atoms with E-state index in [1.165, 1.54) is 16.0 Å². The molecule has 1 unspecified atom stereocenters. The van der Waals surface area contributed by atoms with Crippen molar-refractivity contribution < 1.29 is 14.3 Å². The summed E-state index contributed by atoms with van der Waals surface area (Å²) in [6.07, 6.45) is 0.827. The highest BCUT2D eigenvalue weighted by Gasteiger charge is 2.20. The fourth-order valence-electron chi connectivity index (χ4n) is 4.08. The van der Waals surface area contributed by atoms with Gasteiger partial charge in [-0.2, -0.15) is 0 Å². The lowest BCUT2D eigenvalue weighted by Crippen LogP contribution is -2.26. The summed E-state index contributed by atoms with van der Waals surface area (Å²) in [5, 5.41) is 3.10. The van der Waals surface area contributed by atoms with Gasteiger partial charge in [-0.25, -0.2) is 0 Å². The van der Waals surface area contributed by atoms with Crippen LogP contribution in [0.25, 0.3) is 0 Å². The molecule has 1 N–H and O–H groups in total. The maximum atomic E-state index is 13.1. The number of nitrogens with one attached hydrogen (secondary N) is 1. The number of carbonyl (C=O) groups is 1. The molecule has 0 saturated heterocycles. The summed E-state index contributed by atoms with van der Waals surface area (Å²) >= 11 is 1.70. The van der Waals surface area contributed by atoms with Crippen LogP contribution in [0.15, 0.2) is 69.4 Å². The van der Waals surface area contributed by atoms with Crippen LogP contribution in [0.5, 0.6) is 11.5 Å². The number of nitrogens with zero attached hydrogens (tertiary/aromatic N) is 1. The normalized spacial score (nSPS) is 14.9. The summed E-state index contributed by atoms with van der Waals surface area (Å²) in [5.74, 6) is 1.33. The first-order valence-electron chi connectivity index (χ1n) is 11.2. The van der Waals surface area contributed by atoms with E-state index in [1.54, 1.807) is 11.8 Å². The van der Waals surface area contributed by atoms with E-state index in [4.69, 9.17) is 14.5 Å². The topological polar surface area (TPSA) is 59.9 Å². The van der Waals surface area contributed by atoms with Gasteiger partial charge < -0.3 is 14.8 Å². The second-order valence-corrected chi connectivity index (χ2v) is 9.38. The van der Waals surface area contributed by atoms with E-state index in [2.05, 4.69) is 37.4 Å². The highest BCUT2D eigenvalue weighted by molar-refractivity contribution is 7.99. The highest BCUT2D eigenvalue weighted by atomic mass is 32.2. The van der Waals surface area contributed by atoms with Crippen LogP contribution in [0, 0.1) is 6.92 Å². The van der Waals surface area contributed by atoms with Gasteiger partial charge in [-0.15, -0.1) is 0 Å². The molecule has 3 aromatic rings. The Kier molecular flexibility index (Phi) is 5.85. The maximum absolute atomic E-state index is 13.1. The van der Waals surface area contributed by atoms with Crippen molar-refractivity contribution in [2.45, 2.75) is 43.0 Å². The van der Waals surface area contributed by atoms with E-state index in [1.807, 2.05) is 43.3 Å². The van der Waals surface area contributed by atoms with Crippen molar-refractivity contribution in [3.05, 3.63) is 76.9 Å². The van der Waals surface area contributed by atoms with Crippen LogP contribution in [0.2, 0.25) is 0 Å². The number of amides is 1. The molecule has 0 aromatic heterocycles. The Morgan fingerprint density at radius 1 is 1.03 bits per heavy atom. The first kappa shape index (κ1) is 21.6. The Morgan fingerprint density at radius 3 is 2.64 bits per heavy atom. The zero-order valence-electron chi connectivity index (χ0n) is 19.0. The number of hydrogen-bond acceptors (Lipinski definition) is 5. The van der Waals surface area contributed by atoms with Gasteiger partial charge in [0.2, 0.25) is 0 Å². The van der Waals surface area contributed by atoms with Crippen LogP contribution in [0.3, 0.4) is 0 Å². The quantitative estimate of drug-likeness (QED) is 0.502. The van der Waals surface area contributed by atoms with Crippen LogP contribution < -0.4 is 14.8 Å². The predicted octanol–water partition coefficient (Wildman–Crippen LogP) is 6.25. The van der Waals surface area contributed by atoms with E-state index in [0.29, 0.717) is 18.8 Å². The summed E-state index contributed by atoms with van der Waals surface area (Å²) < 4.78 is 11.3. The van der Waals surface area contributed by atoms with Crippen molar-refractivity contribution >= 4 is 29.1 Å². The molecule has 1 amide bonds. The van der Waals surface area contributed by atoms with Gasteiger partial charge >= 0.3 is 0 Å². The molecule has 0 bridgehead atoms. The average molecular weight is 459 g/mol. The molecule has 0 fully saturated rings. The minimum Gasteiger partial charge on any atom is -0.486 e. The van der Waals surface area contributed by atoms with Crippen LogP contribution in [0.1, 0.15) is 53.4 Å². The Labute approximate surface area is 198 Å². The molecule has 6 heteroatoms. The third kappa shape index (κ3) is 4.35. The average Bonchev–Trinajstić information content (AvgIpc) is 2.99. The third-order valence-electron chi connectivity index (χ3n) is 5.89.